The van der Waals surface area contributed by atoms with Crippen LogP contribution in [-0.2, 0) is 0 Å². The number of rotatable bonds is 3. The maximum Gasteiger partial charge on any atom is 0.263 e. The van der Waals surface area contributed by atoms with Gasteiger partial charge in [-0.15, -0.1) is 11.3 Å². The van der Waals surface area contributed by atoms with Gasteiger partial charge in [0.25, 0.3) is 5.91 Å². The van der Waals surface area contributed by atoms with Crippen LogP contribution in [0, 0.1) is 19.3 Å². The Morgan fingerprint density at radius 3 is 2.85 bits per heavy atom. The molecule has 0 spiro atoms. The number of nitrogens with one attached hydrogen (secondary N) is 1. The van der Waals surface area contributed by atoms with E-state index in [0.717, 1.165) is 28.0 Å². The number of carbonyl (C=O) groups is 1. The summed E-state index contributed by atoms with van der Waals surface area (Å²) in [4.78, 5) is 18.2. The second-order valence-corrected chi connectivity index (χ2v) is 7.10. The maximum absolute atomic E-state index is 12.3. The third-order valence-electron chi connectivity index (χ3n) is 4.01. The van der Waals surface area contributed by atoms with Gasteiger partial charge in [-0.3, -0.25) is 4.79 Å². The number of carbonyl (C=O) groups excluding carboxylic acids is 1. The van der Waals surface area contributed by atoms with Crippen LogP contribution < -0.4 is 11.1 Å². The summed E-state index contributed by atoms with van der Waals surface area (Å²) in [5.41, 5.74) is 9.05. The Balaban J connectivity index is 1.93. The molecule has 0 aliphatic heterocycles. The molecular formula is C15H19N3OS. The SMILES string of the molecule is Cc1cc(C)c2c(N)c(C(=O)NCC3(C)CC3)sc2n1. The van der Waals surface area contributed by atoms with E-state index < -0.39 is 0 Å². The first-order valence-corrected chi connectivity index (χ1v) is 7.66. The topological polar surface area (TPSA) is 68.0 Å². The summed E-state index contributed by atoms with van der Waals surface area (Å²) in [6.07, 6.45) is 2.38. The number of hydrogen-bond donors (Lipinski definition) is 2. The summed E-state index contributed by atoms with van der Waals surface area (Å²) in [6.45, 7) is 6.88. The van der Waals surface area contributed by atoms with Gasteiger partial charge in [0.15, 0.2) is 0 Å². The molecule has 106 valence electrons. The summed E-state index contributed by atoms with van der Waals surface area (Å²) in [5, 5.41) is 3.92. The standard InChI is InChI=1S/C15H19N3OS/c1-8-6-9(2)18-14-10(8)11(16)12(20-14)13(19)17-7-15(3)4-5-15/h6H,4-5,7,16H2,1-3H3,(H,17,19). The van der Waals surface area contributed by atoms with Gasteiger partial charge in [-0.2, -0.15) is 0 Å². The normalized spacial score (nSPS) is 16.4. The largest absolute Gasteiger partial charge is 0.397 e. The molecule has 2 aromatic rings. The predicted molar refractivity (Wildman–Crippen MR) is 83.2 cm³/mol. The summed E-state index contributed by atoms with van der Waals surface area (Å²) in [6, 6.07) is 2.00. The first-order chi connectivity index (χ1) is 9.39. The lowest BCUT2D eigenvalue weighted by atomic mass is 10.1. The highest BCUT2D eigenvalue weighted by Crippen LogP contribution is 2.44. The van der Waals surface area contributed by atoms with E-state index in [1.165, 1.54) is 24.2 Å². The number of aromatic nitrogens is 1. The zero-order chi connectivity index (χ0) is 14.5. The van der Waals surface area contributed by atoms with E-state index in [0.29, 0.717) is 16.0 Å². The van der Waals surface area contributed by atoms with Crippen LogP contribution in [-0.4, -0.2) is 17.4 Å². The monoisotopic (exact) mass is 289 g/mol. The molecule has 2 aromatic heterocycles. The van der Waals surface area contributed by atoms with Crippen molar-refractivity contribution in [2.45, 2.75) is 33.6 Å². The molecule has 20 heavy (non-hydrogen) atoms. The molecule has 3 rings (SSSR count). The number of amides is 1. The molecule has 1 aliphatic rings. The zero-order valence-corrected chi connectivity index (χ0v) is 12.9. The Bertz CT molecular complexity index is 701. The lowest BCUT2D eigenvalue weighted by molar-refractivity contribution is 0.0951. The van der Waals surface area contributed by atoms with Crippen LogP contribution in [0.1, 0.15) is 40.7 Å². The first-order valence-electron chi connectivity index (χ1n) is 6.84. The van der Waals surface area contributed by atoms with Crippen LogP contribution in [0.5, 0.6) is 0 Å². The lowest BCUT2D eigenvalue weighted by Gasteiger charge is -2.09. The maximum atomic E-state index is 12.3. The van der Waals surface area contributed by atoms with Gasteiger partial charge in [0.05, 0.1) is 5.69 Å². The number of nitrogen functional groups attached to an aromatic ring is 1. The number of nitrogens with zero attached hydrogens (tertiary/aromatic N) is 1. The lowest BCUT2D eigenvalue weighted by Crippen LogP contribution is -2.28. The van der Waals surface area contributed by atoms with E-state index in [1.54, 1.807) is 0 Å². The summed E-state index contributed by atoms with van der Waals surface area (Å²) < 4.78 is 0. The molecule has 0 saturated heterocycles. The molecule has 4 nitrogen and oxygen atoms in total. The van der Waals surface area contributed by atoms with Crippen molar-refractivity contribution in [3.05, 3.63) is 22.2 Å². The molecule has 1 saturated carbocycles. The zero-order valence-electron chi connectivity index (χ0n) is 12.0. The highest BCUT2D eigenvalue weighted by molar-refractivity contribution is 7.21. The van der Waals surface area contributed by atoms with Gasteiger partial charge < -0.3 is 11.1 Å². The van der Waals surface area contributed by atoms with Crippen molar-refractivity contribution in [2.75, 3.05) is 12.3 Å². The highest BCUT2D eigenvalue weighted by atomic mass is 32.1. The number of pyridine rings is 1. The Morgan fingerprint density at radius 2 is 2.20 bits per heavy atom. The molecule has 0 atom stereocenters. The van der Waals surface area contributed by atoms with Gasteiger partial charge >= 0.3 is 0 Å². The third kappa shape index (κ3) is 2.26. The van der Waals surface area contributed by atoms with Gasteiger partial charge in [0.2, 0.25) is 0 Å². The Labute approximate surface area is 122 Å². The van der Waals surface area contributed by atoms with Crippen molar-refractivity contribution in [1.82, 2.24) is 10.3 Å². The van der Waals surface area contributed by atoms with Gasteiger partial charge in [0.1, 0.15) is 9.71 Å². The van der Waals surface area contributed by atoms with Crippen LogP contribution in [0.3, 0.4) is 0 Å². The number of nitrogens with two attached hydrogens (primary N) is 1. The number of fused-ring (bicyclic) bond motifs is 1. The Hall–Kier alpha value is -1.62. The molecule has 0 bridgehead atoms. The average Bonchev–Trinajstić information content (AvgIpc) is 3.01. The van der Waals surface area contributed by atoms with Crippen molar-refractivity contribution in [1.29, 1.82) is 0 Å². The van der Waals surface area contributed by atoms with Gasteiger partial charge in [-0.25, -0.2) is 4.98 Å². The summed E-state index contributed by atoms with van der Waals surface area (Å²) >= 11 is 1.38. The van der Waals surface area contributed by atoms with Crippen LogP contribution >= 0.6 is 11.3 Å². The number of thiophene rings is 1. The molecule has 1 amide bonds. The molecule has 0 unspecified atom stereocenters. The van der Waals surface area contributed by atoms with E-state index >= 15 is 0 Å². The number of aryl methyl sites for hydroxylation is 2. The predicted octanol–water partition coefficient (Wildman–Crippen LogP) is 3.03. The molecule has 2 heterocycles. The molecule has 0 radical (unpaired) electrons. The molecule has 3 N–H and O–H groups in total. The minimum absolute atomic E-state index is 0.0734. The van der Waals surface area contributed by atoms with Crippen molar-refractivity contribution in [2.24, 2.45) is 5.41 Å². The molecule has 1 fully saturated rings. The molecule has 0 aromatic carbocycles. The molecule has 5 heteroatoms. The van der Waals surface area contributed by atoms with Gasteiger partial charge in [-0.1, -0.05) is 6.92 Å². The fraction of sp³-hybridized carbons (Fsp3) is 0.467. The third-order valence-corrected chi connectivity index (χ3v) is 5.11. The fourth-order valence-corrected chi connectivity index (χ4v) is 3.53. The van der Waals surface area contributed by atoms with Gasteiger partial charge in [-0.05, 0) is 43.7 Å². The van der Waals surface area contributed by atoms with Crippen molar-refractivity contribution >= 4 is 33.1 Å². The molecule has 1 aliphatic carbocycles. The quantitative estimate of drug-likeness (QED) is 0.912. The number of hydrogen-bond acceptors (Lipinski definition) is 4. The van der Waals surface area contributed by atoms with Gasteiger partial charge in [0, 0.05) is 17.6 Å². The minimum atomic E-state index is -0.0734. The second kappa shape index (κ2) is 4.45. The molecular weight excluding hydrogens is 270 g/mol. The summed E-state index contributed by atoms with van der Waals surface area (Å²) in [7, 11) is 0. The van der Waals surface area contributed by atoms with Crippen LogP contribution in [0.2, 0.25) is 0 Å². The van der Waals surface area contributed by atoms with E-state index in [-0.39, 0.29) is 5.91 Å². The van der Waals surface area contributed by atoms with E-state index in [1.807, 2.05) is 19.9 Å². The van der Waals surface area contributed by atoms with Crippen molar-refractivity contribution in [3.63, 3.8) is 0 Å². The van der Waals surface area contributed by atoms with E-state index in [9.17, 15) is 4.79 Å². The van der Waals surface area contributed by atoms with Crippen LogP contribution in [0.15, 0.2) is 6.07 Å². The van der Waals surface area contributed by atoms with Crippen molar-refractivity contribution in [3.8, 4) is 0 Å². The summed E-state index contributed by atoms with van der Waals surface area (Å²) in [5.74, 6) is -0.0734. The van der Waals surface area contributed by atoms with E-state index in [4.69, 9.17) is 5.73 Å². The fourth-order valence-electron chi connectivity index (χ4n) is 2.40. The van der Waals surface area contributed by atoms with Crippen molar-refractivity contribution < 1.29 is 4.79 Å². The minimum Gasteiger partial charge on any atom is -0.397 e. The Morgan fingerprint density at radius 1 is 1.50 bits per heavy atom. The van der Waals surface area contributed by atoms with E-state index in [2.05, 4.69) is 17.2 Å². The second-order valence-electron chi connectivity index (χ2n) is 6.10. The smallest absolute Gasteiger partial charge is 0.263 e. The highest BCUT2D eigenvalue weighted by Gasteiger charge is 2.37. The Kier molecular flexibility index (Phi) is 2.97. The number of anilines is 1. The van der Waals surface area contributed by atoms with Crippen LogP contribution in [0.4, 0.5) is 5.69 Å². The van der Waals surface area contributed by atoms with Crippen LogP contribution in [0.25, 0.3) is 10.2 Å². The first kappa shape index (κ1) is 13.4. The average molecular weight is 289 g/mol.